The van der Waals surface area contributed by atoms with E-state index in [1.165, 1.54) is 6.20 Å². The van der Waals surface area contributed by atoms with E-state index in [4.69, 9.17) is 5.73 Å². The van der Waals surface area contributed by atoms with Crippen LogP contribution in [0.25, 0.3) is 10.9 Å². The number of alkyl halides is 3. The van der Waals surface area contributed by atoms with E-state index in [1.54, 1.807) is 4.90 Å². The van der Waals surface area contributed by atoms with Crippen molar-refractivity contribution in [3.05, 3.63) is 58.4 Å². The summed E-state index contributed by atoms with van der Waals surface area (Å²) < 4.78 is 38.9. The number of hydrogen-bond donors (Lipinski definition) is 3. The number of aromatic nitrogens is 2. The van der Waals surface area contributed by atoms with Crippen molar-refractivity contribution in [3.63, 3.8) is 0 Å². The van der Waals surface area contributed by atoms with E-state index in [2.05, 4.69) is 22.2 Å². The zero-order valence-electron chi connectivity index (χ0n) is 19.8. The minimum atomic E-state index is -4.99. The van der Waals surface area contributed by atoms with Gasteiger partial charge in [-0.2, -0.15) is 13.2 Å². The molecule has 1 amide bonds. The van der Waals surface area contributed by atoms with Gasteiger partial charge in [-0.3, -0.25) is 9.59 Å². The van der Waals surface area contributed by atoms with Crippen molar-refractivity contribution in [1.82, 2.24) is 15.3 Å². The molecular formula is C25H28F3N5O2S. The van der Waals surface area contributed by atoms with E-state index < -0.39 is 17.5 Å². The van der Waals surface area contributed by atoms with E-state index >= 15 is 0 Å². The summed E-state index contributed by atoms with van der Waals surface area (Å²) in [5.41, 5.74) is 7.35. The second-order valence-corrected chi connectivity index (χ2v) is 9.89. The van der Waals surface area contributed by atoms with Gasteiger partial charge in [0.1, 0.15) is 4.88 Å². The minimum Gasteiger partial charge on any atom is -0.402 e. The van der Waals surface area contributed by atoms with Crippen LogP contribution in [0.15, 0.2) is 47.9 Å². The number of nitrogens with one attached hydrogen (secondary N) is 2. The van der Waals surface area contributed by atoms with Gasteiger partial charge in [0.15, 0.2) is 5.13 Å². The molecule has 0 fully saturated rings. The van der Waals surface area contributed by atoms with Crippen LogP contribution in [0.3, 0.4) is 0 Å². The van der Waals surface area contributed by atoms with Gasteiger partial charge in [0.2, 0.25) is 0 Å². The maximum Gasteiger partial charge on any atom is 0.454 e. The van der Waals surface area contributed by atoms with Crippen LogP contribution in [0.1, 0.15) is 47.8 Å². The highest BCUT2D eigenvalue weighted by Gasteiger charge is 2.43. The number of unbranched alkanes of at least 4 members (excludes halogenated alkanes) is 1. The lowest BCUT2D eigenvalue weighted by atomic mass is 10.0. The summed E-state index contributed by atoms with van der Waals surface area (Å²) in [6.07, 6.45) is 1.94. The average Bonchev–Trinajstić information content (AvgIpc) is 3.50. The second-order valence-electron chi connectivity index (χ2n) is 8.89. The summed E-state index contributed by atoms with van der Waals surface area (Å²) in [4.78, 5) is 34.3. The topological polar surface area (TPSA) is 104 Å². The average molecular weight is 520 g/mol. The number of para-hydroxylation sites is 1. The number of halogens is 3. The standard InChI is InChI=1S/C25H28F3N5O2S/c1-2-3-6-16(11-15-12-30-20-8-5-4-7-17(15)20)32-23(35)21-13-31-24(36-21)33-10-9-19(29)18(14-33)22(34)25(26,27)28/h4-5,7-8,12-13,16,30H,2-3,6,9-11,14,29H2,1H3,(H,32,35). The number of rotatable bonds is 9. The molecule has 11 heteroatoms. The van der Waals surface area contributed by atoms with Crippen LogP contribution in [0.5, 0.6) is 0 Å². The molecule has 1 aliphatic heterocycles. The maximum absolute atomic E-state index is 13.1. The lowest BCUT2D eigenvalue weighted by Crippen LogP contribution is -2.39. The molecule has 0 spiro atoms. The summed E-state index contributed by atoms with van der Waals surface area (Å²) in [7, 11) is 0. The molecule has 7 nitrogen and oxygen atoms in total. The normalized spacial score (nSPS) is 15.4. The van der Waals surface area contributed by atoms with Crippen LogP contribution in [0.2, 0.25) is 0 Å². The Morgan fingerprint density at radius 3 is 2.83 bits per heavy atom. The quantitative estimate of drug-likeness (QED) is 0.380. The number of H-pyrrole nitrogens is 1. The van der Waals surface area contributed by atoms with Gasteiger partial charge in [0.25, 0.3) is 11.7 Å². The number of anilines is 1. The Morgan fingerprint density at radius 2 is 2.08 bits per heavy atom. The van der Waals surface area contributed by atoms with Gasteiger partial charge < -0.3 is 20.9 Å². The highest BCUT2D eigenvalue weighted by Crippen LogP contribution is 2.30. The molecule has 4 rings (SSSR count). The van der Waals surface area contributed by atoms with Crippen LogP contribution in [0, 0.1) is 0 Å². The number of aromatic amines is 1. The summed E-state index contributed by atoms with van der Waals surface area (Å²) in [6, 6.07) is 7.92. The van der Waals surface area contributed by atoms with E-state index in [-0.39, 0.29) is 30.6 Å². The van der Waals surface area contributed by atoms with E-state index in [0.717, 1.165) is 47.1 Å². The lowest BCUT2D eigenvalue weighted by molar-refractivity contribution is -0.166. The molecule has 4 N–H and O–H groups in total. The van der Waals surface area contributed by atoms with E-state index in [9.17, 15) is 22.8 Å². The van der Waals surface area contributed by atoms with Gasteiger partial charge in [-0.25, -0.2) is 4.98 Å². The van der Waals surface area contributed by atoms with Gasteiger partial charge >= 0.3 is 6.18 Å². The van der Waals surface area contributed by atoms with Crippen LogP contribution in [-0.2, 0) is 11.2 Å². The zero-order valence-corrected chi connectivity index (χ0v) is 20.6. The van der Waals surface area contributed by atoms with Gasteiger partial charge in [0, 0.05) is 47.4 Å². The van der Waals surface area contributed by atoms with E-state index in [1.807, 2.05) is 30.5 Å². The number of thiazole rings is 1. The van der Waals surface area contributed by atoms with Crippen LogP contribution < -0.4 is 16.0 Å². The first-order valence-corrected chi connectivity index (χ1v) is 12.6. The fourth-order valence-corrected chi connectivity index (χ4v) is 5.19. The van der Waals surface area contributed by atoms with Gasteiger partial charge in [-0.05, 0) is 24.5 Å². The van der Waals surface area contributed by atoms with Crippen molar-refractivity contribution in [2.75, 3.05) is 18.0 Å². The predicted octanol–water partition coefficient (Wildman–Crippen LogP) is 4.71. The predicted molar refractivity (Wildman–Crippen MR) is 134 cm³/mol. The molecule has 1 atom stereocenters. The summed E-state index contributed by atoms with van der Waals surface area (Å²) in [5.74, 6) is -2.21. The molecule has 36 heavy (non-hydrogen) atoms. The monoisotopic (exact) mass is 519 g/mol. The molecule has 0 aliphatic carbocycles. The largest absolute Gasteiger partial charge is 0.454 e. The number of Topliss-reactive ketones (excluding diaryl/α,β-unsaturated/α-hetero) is 1. The molecule has 1 aromatic carbocycles. The van der Waals surface area contributed by atoms with Gasteiger partial charge in [-0.1, -0.05) is 49.3 Å². The van der Waals surface area contributed by atoms with Gasteiger partial charge in [-0.15, -0.1) is 0 Å². The van der Waals surface area contributed by atoms with Crippen molar-refractivity contribution < 1.29 is 22.8 Å². The molecule has 3 heterocycles. The van der Waals surface area contributed by atoms with Crippen molar-refractivity contribution in [2.45, 2.75) is 51.2 Å². The van der Waals surface area contributed by atoms with E-state index in [0.29, 0.717) is 23.0 Å². The Kier molecular flexibility index (Phi) is 7.67. The Morgan fingerprint density at radius 1 is 1.31 bits per heavy atom. The lowest BCUT2D eigenvalue weighted by Gasteiger charge is -2.28. The Bertz CT molecular complexity index is 1280. The molecular weight excluding hydrogens is 491 g/mol. The molecule has 0 radical (unpaired) electrons. The second kappa shape index (κ2) is 10.7. The fraction of sp³-hybridized carbons (Fsp3) is 0.400. The van der Waals surface area contributed by atoms with Gasteiger partial charge in [0.05, 0.1) is 12.7 Å². The number of ketones is 1. The number of fused-ring (bicyclic) bond motifs is 1. The Balaban J connectivity index is 1.45. The van der Waals surface area contributed by atoms with Crippen LogP contribution in [0.4, 0.5) is 18.3 Å². The highest BCUT2D eigenvalue weighted by molar-refractivity contribution is 7.17. The maximum atomic E-state index is 13.1. The van der Waals surface area contributed by atoms with Crippen LogP contribution in [-0.4, -0.2) is 47.0 Å². The first-order valence-electron chi connectivity index (χ1n) is 11.8. The fourth-order valence-electron chi connectivity index (χ4n) is 4.34. The molecule has 1 aliphatic rings. The van der Waals surface area contributed by atoms with Crippen LogP contribution >= 0.6 is 11.3 Å². The van der Waals surface area contributed by atoms with Crippen molar-refractivity contribution in [1.29, 1.82) is 0 Å². The molecule has 0 bridgehead atoms. The van der Waals surface area contributed by atoms with Crippen molar-refractivity contribution in [2.24, 2.45) is 5.73 Å². The number of hydrogen-bond acceptors (Lipinski definition) is 6. The SMILES string of the molecule is CCCCC(Cc1c[nH]c2ccccc12)NC(=O)c1cnc(N2CCC(N)=C(C(=O)C(F)(F)F)C2)s1. The summed E-state index contributed by atoms with van der Waals surface area (Å²) >= 11 is 1.09. The molecule has 2 aromatic heterocycles. The summed E-state index contributed by atoms with van der Waals surface area (Å²) in [6.45, 7) is 2.12. The Labute approximate surface area is 210 Å². The third-order valence-corrected chi connectivity index (χ3v) is 7.35. The number of nitrogens with zero attached hydrogens (tertiary/aromatic N) is 2. The zero-order chi connectivity index (χ0) is 25.9. The number of amides is 1. The molecule has 192 valence electrons. The number of carbonyl (C=O) groups is 2. The van der Waals surface area contributed by atoms with Crippen molar-refractivity contribution in [3.8, 4) is 0 Å². The molecule has 1 unspecified atom stereocenters. The number of carbonyl (C=O) groups excluding carboxylic acids is 2. The highest BCUT2D eigenvalue weighted by atomic mass is 32.1. The first kappa shape index (κ1) is 25.7. The number of benzene rings is 1. The number of nitrogens with two attached hydrogens (primary N) is 1. The third kappa shape index (κ3) is 5.72. The molecule has 0 saturated carbocycles. The third-order valence-electron chi connectivity index (χ3n) is 6.29. The Hall–Kier alpha value is -3.34. The summed E-state index contributed by atoms with van der Waals surface area (Å²) in [5, 5.41) is 4.61. The molecule has 0 saturated heterocycles. The first-order chi connectivity index (χ1) is 17.2. The minimum absolute atomic E-state index is 0.0563. The van der Waals surface area contributed by atoms with Crippen molar-refractivity contribution >= 4 is 39.1 Å². The molecule has 3 aromatic rings. The smallest absolute Gasteiger partial charge is 0.402 e.